The maximum Gasteiger partial charge on any atom is 0.164 e. The lowest BCUT2D eigenvalue weighted by Crippen LogP contribution is -2.33. The molecule has 5 nitrogen and oxygen atoms in total. The normalized spacial score (nSPS) is 16.2. The van der Waals surface area contributed by atoms with Crippen LogP contribution in [0.25, 0.3) is 5.57 Å². The minimum atomic E-state index is -2.14. The number of rotatable bonds is 4. The Morgan fingerprint density at radius 1 is 1.14 bits per heavy atom. The van der Waals surface area contributed by atoms with Crippen LogP contribution in [0, 0.1) is 25.5 Å². The third kappa shape index (κ3) is 3.17. The first-order valence-electron chi connectivity index (χ1n) is 9.20. The standard InChI is InChI=1S/C22H19F2N3O2/c1-13-20(14(2)29-27-13)15-5-3-6-16(11-15)22(28,19-12-25-9-10-26-19)21-17(23)7-4-8-18(21)24/h4,6-12,28H,3,5H2,1-2H3. The summed E-state index contributed by atoms with van der Waals surface area (Å²) in [5.74, 6) is -1.08. The molecule has 2 aromatic heterocycles. The van der Waals surface area contributed by atoms with Gasteiger partial charge in [-0.25, -0.2) is 8.78 Å². The van der Waals surface area contributed by atoms with E-state index in [0.29, 0.717) is 24.2 Å². The topological polar surface area (TPSA) is 72.0 Å². The van der Waals surface area contributed by atoms with Crippen molar-refractivity contribution in [2.24, 2.45) is 0 Å². The first-order valence-corrected chi connectivity index (χ1v) is 9.20. The van der Waals surface area contributed by atoms with Crippen molar-refractivity contribution in [3.63, 3.8) is 0 Å². The van der Waals surface area contributed by atoms with E-state index in [-0.39, 0.29) is 5.69 Å². The molecule has 0 amide bonds. The summed E-state index contributed by atoms with van der Waals surface area (Å²) in [6, 6.07) is 3.48. The Morgan fingerprint density at radius 2 is 1.90 bits per heavy atom. The van der Waals surface area contributed by atoms with E-state index in [1.165, 1.54) is 24.7 Å². The van der Waals surface area contributed by atoms with E-state index in [9.17, 15) is 13.9 Å². The molecule has 1 aliphatic rings. The largest absolute Gasteiger partial charge is 0.374 e. The first kappa shape index (κ1) is 19.1. The summed E-state index contributed by atoms with van der Waals surface area (Å²) in [6.07, 6.45) is 8.87. The van der Waals surface area contributed by atoms with Crippen LogP contribution in [0.5, 0.6) is 0 Å². The quantitative estimate of drug-likeness (QED) is 0.709. The molecule has 0 spiro atoms. The molecular weight excluding hydrogens is 376 g/mol. The van der Waals surface area contributed by atoms with E-state index in [0.717, 1.165) is 29.0 Å². The molecule has 1 unspecified atom stereocenters. The zero-order valence-corrected chi connectivity index (χ0v) is 16.0. The number of aryl methyl sites for hydroxylation is 2. The fraction of sp³-hybridized carbons (Fsp3) is 0.227. The Hall–Kier alpha value is -3.19. The molecule has 0 aliphatic heterocycles. The summed E-state index contributed by atoms with van der Waals surface area (Å²) in [5, 5.41) is 15.7. The monoisotopic (exact) mass is 395 g/mol. The lowest BCUT2D eigenvalue weighted by atomic mass is 9.78. The molecule has 148 valence electrons. The average Bonchev–Trinajstić information content (AvgIpc) is 3.06. The van der Waals surface area contributed by atoms with E-state index in [4.69, 9.17) is 4.52 Å². The van der Waals surface area contributed by atoms with Gasteiger partial charge in [-0.15, -0.1) is 0 Å². The van der Waals surface area contributed by atoms with Gasteiger partial charge in [0.15, 0.2) is 5.60 Å². The van der Waals surface area contributed by atoms with Crippen LogP contribution in [0.2, 0.25) is 0 Å². The van der Waals surface area contributed by atoms with Gasteiger partial charge < -0.3 is 9.63 Å². The van der Waals surface area contributed by atoms with E-state index in [1.54, 1.807) is 19.1 Å². The molecule has 4 rings (SSSR count). The van der Waals surface area contributed by atoms with E-state index in [1.807, 2.05) is 6.92 Å². The molecule has 0 bridgehead atoms. The van der Waals surface area contributed by atoms with Crippen molar-refractivity contribution >= 4 is 5.57 Å². The zero-order chi connectivity index (χ0) is 20.6. The Balaban J connectivity index is 1.95. The van der Waals surface area contributed by atoms with Gasteiger partial charge in [0.05, 0.1) is 23.1 Å². The maximum atomic E-state index is 14.8. The Kier molecular flexibility index (Phi) is 4.84. The highest BCUT2D eigenvalue weighted by Crippen LogP contribution is 2.43. The van der Waals surface area contributed by atoms with Crippen LogP contribution in [-0.2, 0) is 5.60 Å². The fourth-order valence-electron chi connectivity index (χ4n) is 3.84. The van der Waals surface area contributed by atoms with Crippen molar-refractivity contribution in [2.45, 2.75) is 32.3 Å². The minimum Gasteiger partial charge on any atom is -0.374 e. The van der Waals surface area contributed by atoms with Crippen LogP contribution in [0.1, 0.15) is 41.1 Å². The summed E-state index contributed by atoms with van der Waals surface area (Å²) in [7, 11) is 0. The van der Waals surface area contributed by atoms with Crippen molar-refractivity contribution in [3.8, 4) is 0 Å². The van der Waals surface area contributed by atoms with Gasteiger partial charge in [0, 0.05) is 18.0 Å². The number of aromatic nitrogens is 3. The van der Waals surface area contributed by atoms with Gasteiger partial charge in [0.2, 0.25) is 0 Å². The van der Waals surface area contributed by atoms with Crippen LogP contribution in [0.4, 0.5) is 8.78 Å². The smallest absolute Gasteiger partial charge is 0.164 e. The van der Waals surface area contributed by atoms with Gasteiger partial charge in [-0.2, -0.15) is 0 Å². The molecule has 0 saturated carbocycles. The number of benzene rings is 1. The SMILES string of the molecule is Cc1noc(C)c1C1=CC(C(O)(c2cnccn2)c2c(F)cccc2F)=CCC1. The minimum absolute atomic E-state index is 0.0338. The van der Waals surface area contributed by atoms with E-state index in [2.05, 4.69) is 15.1 Å². The van der Waals surface area contributed by atoms with Crippen molar-refractivity contribution in [2.75, 3.05) is 0 Å². The molecular formula is C22H19F2N3O2. The maximum absolute atomic E-state index is 14.8. The summed E-state index contributed by atoms with van der Waals surface area (Å²) < 4.78 is 34.8. The predicted octanol–water partition coefficient (Wildman–Crippen LogP) is 4.40. The van der Waals surface area contributed by atoms with Crippen molar-refractivity contribution in [1.82, 2.24) is 15.1 Å². The first-order chi connectivity index (χ1) is 13.9. The van der Waals surface area contributed by atoms with Crippen molar-refractivity contribution in [1.29, 1.82) is 0 Å². The fourth-order valence-corrected chi connectivity index (χ4v) is 3.84. The zero-order valence-electron chi connectivity index (χ0n) is 16.0. The van der Waals surface area contributed by atoms with Gasteiger partial charge in [0.1, 0.15) is 17.4 Å². The second kappa shape index (κ2) is 7.33. The summed E-state index contributed by atoms with van der Waals surface area (Å²) in [4.78, 5) is 8.15. The molecule has 1 N–H and O–H groups in total. The van der Waals surface area contributed by atoms with Gasteiger partial charge in [0.25, 0.3) is 0 Å². The third-order valence-electron chi connectivity index (χ3n) is 5.14. The number of allylic oxidation sites excluding steroid dienone is 2. The number of nitrogens with zero attached hydrogens (tertiary/aromatic N) is 3. The molecule has 1 aromatic carbocycles. The number of hydrogen-bond donors (Lipinski definition) is 1. The lowest BCUT2D eigenvalue weighted by Gasteiger charge is -2.32. The van der Waals surface area contributed by atoms with Crippen LogP contribution in [0.15, 0.2) is 59.0 Å². The van der Waals surface area contributed by atoms with Crippen LogP contribution in [-0.4, -0.2) is 20.2 Å². The molecule has 29 heavy (non-hydrogen) atoms. The van der Waals surface area contributed by atoms with Crippen LogP contribution < -0.4 is 0 Å². The lowest BCUT2D eigenvalue weighted by molar-refractivity contribution is 0.110. The number of hydrogen-bond acceptors (Lipinski definition) is 5. The van der Waals surface area contributed by atoms with Crippen molar-refractivity contribution < 1.29 is 18.4 Å². The van der Waals surface area contributed by atoms with Crippen LogP contribution >= 0.6 is 0 Å². The Bertz CT molecular complexity index is 1080. The third-order valence-corrected chi connectivity index (χ3v) is 5.14. The molecule has 3 aromatic rings. The van der Waals surface area contributed by atoms with E-state index < -0.39 is 22.8 Å². The number of halogens is 2. The van der Waals surface area contributed by atoms with Gasteiger partial charge in [-0.1, -0.05) is 23.4 Å². The number of aliphatic hydroxyl groups is 1. The molecule has 7 heteroatoms. The second-order valence-corrected chi connectivity index (χ2v) is 6.96. The highest BCUT2D eigenvalue weighted by Gasteiger charge is 2.42. The average molecular weight is 395 g/mol. The van der Waals surface area contributed by atoms with E-state index >= 15 is 0 Å². The predicted molar refractivity (Wildman–Crippen MR) is 103 cm³/mol. The molecule has 1 atom stereocenters. The summed E-state index contributed by atoms with van der Waals surface area (Å²) in [5.41, 5.74) is 0.158. The molecule has 0 saturated heterocycles. The molecule has 2 heterocycles. The molecule has 1 aliphatic carbocycles. The second-order valence-electron chi connectivity index (χ2n) is 6.96. The Labute approximate surface area is 166 Å². The highest BCUT2D eigenvalue weighted by molar-refractivity contribution is 5.73. The Morgan fingerprint density at radius 3 is 2.52 bits per heavy atom. The summed E-state index contributed by atoms with van der Waals surface area (Å²) >= 11 is 0. The summed E-state index contributed by atoms with van der Waals surface area (Å²) in [6.45, 7) is 3.63. The van der Waals surface area contributed by atoms with Gasteiger partial charge >= 0.3 is 0 Å². The van der Waals surface area contributed by atoms with Crippen LogP contribution in [0.3, 0.4) is 0 Å². The molecule has 0 radical (unpaired) electrons. The van der Waals surface area contributed by atoms with Crippen molar-refractivity contribution in [3.05, 3.63) is 94.4 Å². The van der Waals surface area contributed by atoms with Gasteiger partial charge in [-0.3, -0.25) is 9.97 Å². The van der Waals surface area contributed by atoms with Gasteiger partial charge in [-0.05, 0) is 50.0 Å². The molecule has 0 fully saturated rings. The highest BCUT2D eigenvalue weighted by atomic mass is 19.1.